The van der Waals surface area contributed by atoms with Crippen LogP contribution in [0.3, 0.4) is 0 Å². The molecular formula is C16H21N3S. The van der Waals surface area contributed by atoms with Gasteiger partial charge < -0.3 is 10.3 Å². The summed E-state index contributed by atoms with van der Waals surface area (Å²) in [4.78, 5) is 4.92. The molecule has 1 heterocycles. The molecule has 0 spiro atoms. The Morgan fingerprint density at radius 3 is 2.85 bits per heavy atom. The van der Waals surface area contributed by atoms with E-state index in [1.165, 1.54) is 43.4 Å². The Balaban J connectivity index is 1.89. The lowest BCUT2D eigenvalue weighted by atomic mass is 10.2. The van der Waals surface area contributed by atoms with Crippen molar-refractivity contribution in [2.24, 2.45) is 0 Å². The highest BCUT2D eigenvalue weighted by atomic mass is 32.2. The number of nitrogens with zero attached hydrogens (tertiary/aromatic N) is 2. The lowest BCUT2D eigenvalue weighted by Gasteiger charge is -2.22. The van der Waals surface area contributed by atoms with Crippen molar-refractivity contribution < 1.29 is 0 Å². The van der Waals surface area contributed by atoms with Gasteiger partial charge in [0.05, 0.1) is 11.0 Å². The lowest BCUT2D eigenvalue weighted by Crippen LogP contribution is -2.17. The van der Waals surface area contributed by atoms with Gasteiger partial charge in [-0.1, -0.05) is 6.42 Å². The third-order valence-corrected chi connectivity index (χ3v) is 5.89. The van der Waals surface area contributed by atoms with Crippen molar-refractivity contribution in [3.05, 3.63) is 24.0 Å². The summed E-state index contributed by atoms with van der Waals surface area (Å²) in [6.45, 7) is 0. The van der Waals surface area contributed by atoms with Gasteiger partial charge in [0.15, 0.2) is 0 Å². The molecule has 0 saturated heterocycles. The molecule has 4 heteroatoms. The first-order valence-electron chi connectivity index (χ1n) is 7.58. The number of rotatable bonds is 3. The molecule has 2 saturated carbocycles. The fraction of sp³-hybridized carbons (Fsp3) is 0.562. The van der Waals surface area contributed by atoms with E-state index in [9.17, 15) is 0 Å². The summed E-state index contributed by atoms with van der Waals surface area (Å²) in [6, 6.07) is 6.83. The van der Waals surface area contributed by atoms with Crippen LogP contribution in [0.5, 0.6) is 0 Å². The van der Waals surface area contributed by atoms with Gasteiger partial charge in [0.25, 0.3) is 0 Å². The topological polar surface area (TPSA) is 43.8 Å². The Kier molecular flexibility index (Phi) is 2.95. The quantitative estimate of drug-likeness (QED) is 0.869. The number of hydrogen-bond acceptors (Lipinski definition) is 3. The molecule has 2 unspecified atom stereocenters. The van der Waals surface area contributed by atoms with Gasteiger partial charge in [0, 0.05) is 22.9 Å². The third-order valence-electron chi connectivity index (χ3n) is 4.74. The number of nitrogens with two attached hydrogens (primary N) is 1. The minimum atomic E-state index is 0.620. The van der Waals surface area contributed by atoms with E-state index < -0.39 is 0 Å². The summed E-state index contributed by atoms with van der Waals surface area (Å²) in [6.07, 6.45) is 8.82. The second-order valence-electron chi connectivity index (χ2n) is 6.13. The van der Waals surface area contributed by atoms with Crippen LogP contribution >= 0.6 is 11.8 Å². The molecule has 2 fully saturated rings. The highest BCUT2D eigenvalue weighted by Crippen LogP contribution is 2.46. The molecule has 4 rings (SSSR count). The van der Waals surface area contributed by atoms with Crippen LogP contribution in [0.2, 0.25) is 0 Å². The second-order valence-corrected chi connectivity index (χ2v) is 7.21. The number of imidazole rings is 1. The molecule has 0 aliphatic heterocycles. The number of fused-ring (bicyclic) bond motifs is 1. The van der Waals surface area contributed by atoms with Crippen LogP contribution in [0.4, 0.5) is 5.69 Å². The number of hydrogen-bond donors (Lipinski definition) is 1. The maximum absolute atomic E-state index is 5.93. The predicted molar refractivity (Wildman–Crippen MR) is 86.3 cm³/mol. The molecule has 0 radical (unpaired) electrons. The van der Waals surface area contributed by atoms with E-state index in [0.717, 1.165) is 16.5 Å². The first kappa shape index (κ1) is 12.6. The zero-order chi connectivity index (χ0) is 13.7. The lowest BCUT2D eigenvalue weighted by molar-refractivity contribution is 0.520. The first-order chi connectivity index (χ1) is 9.78. The third kappa shape index (κ3) is 1.93. The minimum absolute atomic E-state index is 0.620. The smallest absolute Gasteiger partial charge is 0.113 e. The van der Waals surface area contributed by atoms with Crippen LogP contribution < -0.4 is 5.73 Å². The minimum Gasteiger partial charge on any atom is -0.399 e. The molecule has 2 aromatic rings. The molecule has 2 N–H and O–H groups in total. The summed E-state index contributed by atoms with van der Waals surface area (Å²) in [7, 11) is 0. The van der Waals surface area contributed by atoms with Gasteiger partial charge in [-0.15, -0.1) is 0 Å². The molecular weight excluding hydrogens is 266 g/mol. The van der Waals surface area contributed by atoms with Crippen LogP contribution in [0.1, 0.15) is 49.9 Å². The zero-order valence-corrected chi connectivity index (χ0v) is 12.7. The van der Waals surface area contributed by atoms with Crippen molar-refractivity contribution >= 4 is 28.5 Å². The molecule has 2 aliphatic carbocycles. The number of anilines is 1. The average molecular weight is 287 g/mol. The maximum atomic E-state index is 5.93. The Morgan fingerprint density at radius 1 is 1.25 bits per heavy atom. The van der Waals surface area contributed by atoms with Gasteiger partial charge in [-0.25, -0.2) is 4.98 Å². The van der Waals surface area contributed by atoms with E-state index in [0.29, 0.717) is 12.0 Å². The monoisotopic (exact) mass is 287 g/mol. The van der Waals surface area contributed by atoms with Crippen molar-refractivity contribution in [2.75, 3.05) is 12.0 Å². The van der Waals surface area contributed by atoms with Crippen LogP contribution in [0.25, 0.3) is 11.0 Å². The van der Waals surface area contributed by atoms with Crippen molar-refractivity contribution in [1.82, 2.24) is 9.55 Å². The Bertz CT molecular complexity index is 644. The van der Waals surface area contributed by atoms with Crippen LogP contribution in [0.15, 0.2) is 18.2 Å². The van der Waals surface area contributed by atoms with Crippen molar-refractivity contribution in [1.29, 1.82) is 0 Å². The second kappa shape index (κ2) is 4.69. The molecule has 2 atom stereocenters. The maximum Gasteiger partial charge on any atom is 0.113 e. The molecule has 106 valence electrons. The van der Waals surface area contributed by atoms with Gasteiger partial charge in [-0.3, -0.25) is 0 Å². The van der Waals surface area contributed by atoms with Crippen LogP contribution in [-0.4, -0.2) is 21.1 Å². The number of benzene rings is 1. The Labute approximate surface area is 123 Å². The van der Waals surface area contributed by atoms with E-state index in [2.05, 4.69) is 16.9 Å². The summed E-state index contributed by atoms with van der Waals surface area (Å²) in [5, 5.41) is 0.738. The summed E-state index contributed by atoms with van der Waals surface area (Å²) < 4.78 is 2.56. The predicted octanol–water partition coefficient (Wildman–Crippen LogP) is 3.95. The summed E-state index contributed by atoms with van der Waals surface area (Å²) in [5.74, 6) is 2.00. The first-order valence-corrected chi connectivity index (χ1v) is 8.87. The van der Waals surface area contributed by atoms with Crippen LogP contribution in [-0.2, 0) is 0 Å². The van der Waals surface area contributed by atoms with E-state index in [4.69, 9.17) is 10.7 Å². The number of nitrogen functional groups attached to an aromatic ring is 1. The fourth-order valence-corrected chi connectivity index (χ4v) is 4.56. The molecule has 0 amide bonds. The molecule has 2 aliphatic rings. The molecule has 1 aromatic heterocycles. The number of thioether (sulfide) groups is 1. The van der Waals surface area contributed by atoms with E-state index in [1.807, 2.05) is 23.9 Å². The van der Waals surface area contributed by atoms with Gasteiger partial charge in [-0.2, -0.15) is 11.8 Å². The largest absolute Gasteiger partial charge is 0.399 e. The summed E-state index contributed by atoms with van der Waals surface area (Å²) >= 11 is 2.02. The Morgan fingerprint density at radius 2 is 2.10 bits per heavy atom. The fourth-order valence-electron chi connectivity index (χ4n) is 3.59. The molecule has 1 aromatic carbocycles. The van der Waals surface area contributed by atoms with Gasteiger partial charge in [-0.05, 0) is 50.1 Å². The van der Waals surface area contributed by atoms with Crippen LogP contribution in [0, 0.1) is 0 Å². The zero-order valence-electron chi connectivity index (χ0n) is 11.9. The standard InChI is InChI=1S/C16H21N3S/c1-20-15-4-2-3-14(15)19-13-8-7-11(17)9-12(13)18-16(19)10-5-6-10/h7-10,14-15H,2-6,17H2,1H3. The highest BCUT2D eigenvalue weighted by molar-refractivity contribution is 7.99. The molecule has 20 heavy (non-hydrogen) atoms. The van der Waals surface area contributed by atoms with Gasteiger partial charge in [0.2, 0.25) is 0 Å². The SMILES string of the molecule is CSC1CCCC1n1c(C2CC2)nc2cc(N)ccc21. The normalized spacial score (nSPS) is 26.4. The van der Waals surface area contributed by atoms with Crippen molar-refractivity contribution in [2.45, 2.75) is 49.3 Å². The van der Waals surface area contributed by atoms with Gasteiger partial charge in [0.1, 0.15) is 5.82 Å². The van der Waals surface area contributed by atoms with E-state index in [-0.39, 0.29) is 0 Å². The van der Waals surface area contributed by atoms with Crippen molar-refractivity contribution in [3.63, 3.8) is 0 Å². The summed E-state index contributed by atoms with van der Waals surface area (Å²) in [5.41, 5.74) is 9.11. The van der Waals surface area contributed by atoms with E-state index in [1.54, 1.807) is 0 Å². The molecule has 0 bridgehead atoms. The molecule has 3 nitrogen and oxygen atoms in total. The Hall–Kier alpha value is -1.16. The van der Waals surface area contributed by atoms with Crippen molar-refractivity contribution in [3.8, 4) is 0 Å². The van der Waals surface area contributed by atoms with Gasteiger partial charge >= 0.3 is 0 Å². The average Bonchev–Trinajstić information content (AvgIpc) is 3.07. The van der Waals surface area contributed by atoms with E-state index >= 15 is 0 Å². The number of aromatic nitrogens is 2. The highest BCUT2D eigenvalue weighted by Gasteiger charge is 2.36.